The van der Waals surface area contributed by atoms with Gasteiger partial charge in [-0.3, -0.25) is 4.68 Å². The second kappa shape index (κ2) is 2.95. The molecule has 3 N–H and O–H groups in total. The summed E-state index contributed by atoms with van der Waals surface area (Å²) in [6.07, 6.45) is 1.59. The minimum Gasteiger partial charge on any atom is -0.389 e. The zero-order valence-electron chi connectivity index (χ0n) is 7.08. The number of aliphatic hydroxyl groups is 1. The predicted octanol–water partition coefficient (Wildman–Crippen LogP) is 0.890. The van der Waals surface area contributed by atoms with Crippen molar-refractivity contribution >= 4 is 17.4 Å². The van der Waals surface area contributed by atoms with Gasteiger partial charge in [0.2, 0.25) is 0 Å². The average molecular weight is 190 g/mol. The van der Waals surface area contributed by atoms with Crippen molar-refractivity contribution in [2.24, 2.45) is 0 Å². The van der Waals surface area contributed by atoms with Crippen molar-refractivity contribution in [2.45, 2.75) is 26.0 Å². The van der Waals surface area contributed by atoms with Crippen LogP contribution in [0.4, 0.5) is 5.82 Å². The van der Waals surface area contributed by atoms with Gasteiger partial charge in [-0.05, 0) is 13.8 Å². The maximum Gasteiger partial charge on any atom is 0.164 e. The zero-order valence-corrected chi connectivity index (χ0v) is 7.84. The smallest absolute Gasteiger partial charge is 0.164 e. The standard InChI is InChI=1S/C7H12ClN3O/c1-7(2,12)4-11-3-5(8)6(9)10-11/h3,12H,4H2,1-2H3,(H2,9,10). The highest BCUT2D eigenvalue weighted by atomic mass is 35.5. The van der Waals surface area contributed by atoms with Gasteiger partial charge in [-0.15, -0.1) is 0 Å². The van der Waals surface area contributed by atoms with Gasteiger partial charge in [-0.1, -0.05) is 11.6 Å². The molecule has 0 amide bonds. The minimum atomic E-state index is -0.804. The fourth-order valence-electron chi connectivity index (χ4n) is 0.889. The van der Waals surface area contributed by atoms with Crippen LogP contribution in [0.3, 0.4) is 0 Å². The van der Waals surface area contributed by atoms with Crippen molar-refractivity contribution in [1.29, 1.82) is 0 Å². The highest BCUT2D eigenvalue weighted by Crippen LogP contribution is 2.16. The van der Waals surface area contributed by atoms with Crippen LogP contribution in [0.1, 0.15) is 13.8 Å². The molecule has 1 aromatic heterocycles. The minimum absolute atomic E-state index is 0.293. The van der Waals surface area contributed by atoms with E-state index in [1.165, 1.54) is 4.68 Å². The largest absolute Gasteiger partial charge is 0.389 e. The molecule has 1 heterocycles. The highest BCUT2D eigenvalue weighted by Gasteiger charge is 2.14. The number of nitrogen functional groups attached to an aromatic ring is 1. The molecule has 0 unspecified atom stereocenters. The molecule has 0 aromatic carbocycles. The van der Waals surface area contributed by atoms with Crippen LogP contribution in [-0.4, -0.2) is 20.5 Å². The average Bonchev–Trinajstić information content (AvgIpc) is 2.07. The van der Waals surface area contributed by atoms with Gasteiger partial charge in [0.15, 0.2) is 5.82 Å². The van der Waals surface area contributed by atoms with Crippen LogP contribution < -0.4 is 5.73 Å². The third kappa shape index (κ3) is 2.39. The van der Waals surface area contributed by atoms with Gasteiger partial charge in [-0.2, -0.15) is 5.10 Å². The van der Waals surface area contributed by atoms with Gasteiger partial charge in [0.1, 0.15) is 5.02 Å². The van der Waals surface area contributed by atoms with Gasteiger partial charge < -0.3 is 10.8 Å². The first-order valence-electron chi connectivity index (χ1n) is 3.59. The summed E-state index contributed by atoms with van der Waals surface area (Å²) in [4.78, 5) is 0. The maximum atomic E-state index is 9.43. The summed E-state index contributed by atoms with van der Waals surface area (Å²) in [5.41, 5.74) is 4.61. The second-order valence-electron chi connectivity index (χ2n) is 3.37. The van der Waals surface area contributed by atoms with E-state index in [0.717, 1.165) is 0 Å². The molecule has 5 heteroatoms. The molecule has 0 atom stereocenters. The number of aromatic nitrogens is 2. The topological polar surface area (TPSA) is 64.1 Å². The number of anilines is 1. The van der Waals surface area contributed by atoms with Crippen LogP contribution in [0.5, 0.6) is 0 Å². The SMILES string of the molecule is CC(C)(O)Cn1cc(Cl)c(N)n1. The van der Waals surface area contributed by atoms with E-state index < -0.39 is 5.60 Å². The van der Waals surface area contributed by atoms with Gasteiger partial charge in [0.25, 0.3) is 0 Å². The van der Waals surface area contributed by atoms with Crippen LogP contribution in [0.2, 0.25) is 5.02 Å². The van der Waals surface area contributed by atoms with Gasteiger partial charge in [0, 0.05) is 6.20 Å². The first kappa shape index (κ1) is 9.35. The van der Waals surface area contributed by atoms with Crippen LogP contribution >= 0.6 is 11.6 Å². The lowest BCUT2D eigenvalue weighted by Crippen LogP contribution is -2.26. The van der Waals surface area contributed by atoms with Crippen molar-refractivity contribution in [3.05, 3.63) is 11.2 Å². The predicted molar refractivity (Wildman–Crippen MR) is 47.9 cm³/mol. The second-order valence-corrected chi connectivity index (χ2v) is 3.78. The Morgan fingerprint density at radius 2 is 2.33 bits per heavy atom. The van der Waals surface area contributed by atoms with Gasteiger partial charge in [0.05, 0.1) is 12.1 Å². The first-order valence-corrected chi connectivity index (χ1v) is 3.97. The quantitative estimate of drug-likeness (QED) is 0.727. The molecule has 68 valence electrons. The summed E-state index contributed by atoms with van der Waals surface area (Å²) in [7, 11) is 0. The highest BCUT2D eigenvalue weighted by molar-refractivity contribution is 6.32. The van der Waals surface area contributed by atoms with Crippen molar-refractivity contribution in [1.82, 2.24) is 9.78 Å². The zero-order chi connectivity index (χ0) is 9.35. The van der Waals surface area contributed by atoms with E-state index in [0.29, 0.717) is 17.4 Å². The molecule has 0 aliphatic rings. The van der Waals surface area contributed by atoms with Crippen LogP contribution in [0.15, 0.2) is 6.20 Å². The normalized spacial score (nSPS) is 12.0. The molecule has 0 bridgehead atoms. The molecule has 0 spiro atoms. The lowest BCUT2D eigenvalue weighted by atomic mass is 10.1. The molecule has 0 saturated carbocycles. The molecule has 1 aromatic rings. The molecule has 0 saturated heterocycles. The van der Waals surface area contributed by atoms with Gasteiger partial charge >= 0.3 is 0 Å². The van der Waals surface area contributed by atoms with E-state index >= 15 is 0 Å². The van der Waals surface area contributed by atoms with E-state index in [1.54, 1.807) is 20.0 Å². The third-order valence-corrected chi connectivity index (χ3v) is 1.58. The summed E-state index contributed by atoms with van der Waals surface area (Å²) in [6, 6.07) is 0. The number of rotatable bonds is 2. The molecule has 12 heavy (non-hydrogen) atoms. The third-order valence-electron chi connectivity index (χ3n) is 1.29. The Morgan fingerprint density at radius 1 is 1.75 bits per heavy atom. The molecule has 1 rings (SSSR count). The fourth-order valence-corrected chi connectivity index (χ4v) is 1.04. The van der Waals surface area contributed by atoms with Crippen LogP contribution in [-0.2, 0) is 6.54 Å². The monoisotopic (exact) mass is 189 g/mol. The Labute approximate surface area is 75.9 Å². The molecule has 4 nitrogen and oxygen atoms in total. The Hall–Kier alpha value is -0.740. The molecular weight excluding hydrogens is 178 g/mol. The Morgan fingerprint density at radius 3 is 2.67 bits per heavy atom. The summed E-state index contributed by atoms with van der Waals surface area (Å²) >= 11 is 5.67. The molecule has 0 aliphatic carbocycles. The molecule has 0 fully saturated rings. The van der Waals surface area contributed by atoms with E-state index in [-0.39, 0.29) is 0 Å². The van der Waals surface area contributed by atoms with Crippen molar-refractivity contribution < 1.29 is 5.11 Å². The molecule has 0 aliphatic heterocycles. The maximum absolute atomic E-state index is 9.43. The summed E-state index contributed by atoms with van der Waals surface area (Å²) in [5, 5.41) is 13.7. The summed E-state index contributed by atoms with van der Waals surface area (Å²) in [6.45, 7) is 3.77. The number of halogens is 1. The molecular formula is C7H12ClN3O. The van der Waals surface area contributed by atoms with Crippen molar-refractivity contribution in [3.8, 4) is 0 Å². The van der Waals surface area contributed by atoms with E-state index in [2.05, 4.69) is 5.10 Å². The van der Waals surface area contributed by atoms with E-state index in [9.17, 15) is 5.11 Å². The van der Waals surface area contributed by atoms with Crippen LogP contribution in [0.25, 0.3) is 0 Å². The van der Waals surface area contributed by atoms with E-state index in [1.807, 2.05) is 0 Å². The van der Waals surface area contributed by atoms with Gasteiger partial charge in [-0.25, -0.2) is 0 Å². The summed E-state index contributed by atoms with van der Waals surface area (Å²) in [5.74, 6) is 0.293. The van der Waals surface area contributed by atoms with Crippen LogP contribution in [0, 0.1) is 0 Å². The van der Waals surface area contributed by atoms with Crippen molar-refractivity contribution in [3.63, 3.8) is 0 Å². The van der Waals surface area contributed by atoms with E-state index in [4.69, 9.17) is 17.3 Å². The number of nitrogens with two attached hydrogens (primary N) is 1. The van der Waals surface area contributed by atoms with Crippen molar-refractivity contribution in [2.75, 3.05) is 5.73 Å². The number of hydrogen-bond donors (Lipinski definition) is 2. The Bertz CT molecular complexity index is 257. The number of hydrogen-bond acceptors (Lipinski definition) is 3. The lowest BCUT2D eigenvalue weighted by Gasteiger charge is -2.16. The lowest BCUT2D eigenvalue weighted by molar-refractivity contribution is 0.0578. The Balaban J connectivity index is 2.77. The molecule has 0 radical (unpaired) electrons. The Kier molecular flexibility index (Phi) is 2.30. The number of nitrogens with zero attached hydrogens (tertiary/aromatic N) is 2. The summed E-state index contributed by atoms with van der Waals surface area (Å²) < 4.78 is 1.53. The first-order chi connectivity index (χ1) is 5.38. The fraction of sp³-hybridized carbons (Fsp3) is 0.571.